The van der Waals surface area contributed by atoms with Gasteiger partial charge in [0, 0.05) is 24.2 Å². The van der Waals surface area contributed by atoms with Crippen LogP contribution in [0.2, 0.25) is 0 Å². The number of hydrogen-bond donors (Lipinski definition) is 1. The van der Waals surface area contributed by atoms with Gasteiger partial charge < -0.3 is 5.32 Å². The van der Waals surface area contributed by atoms with Crippen LogP contribution in [0.15, 0.2) is 11.6 Å². The summed E-state index contributed by atoms with van der Waals surface area (Å²) >= 11 is 1.67. The molecule has 1 N–H and O–H groups in total. The van der Waals surface area contributed by atoms with Crippen LogP contribution in [0.3, 0.4) is 0 Å². The highest BCUT2D eigenvalue weighted by Gasteiger charge is 2.17. The van der Waals surface area contributed by atoms with Crippen molar-refractivity contribution in [3.63, 3.8) is 0 Å². The van der Waals surface area contributed by atoms with E-state index in [4.69, 9.17) is 0 Å². The number of thiazole rings is 1. The van der Waals surface area contributed by atoms with Gasteiger partial charge in [0.1, 0.15) is 0 Å². The van der Waals surface area contributed by atoms with Crippen LogP contribution in [0.25, 0.3) is 0 Å². The van der Waals surface area contributed by atoms with E-state index < -0.39 is 0 Å². The van der Waals surface area contributed by atoms with Crippen molar-refractivity contribution in [2.45, 2.75) is 25.8 Å². The van der Waals surface area contributed by atoms with E-state index in [1.54, 1.807) is 11.3 Å². The lowest BCUT2D eigenvalue weighted by molar-refractivity contribution is 0.269. The largest absolute Gasteiger partial charge is 0.360 e. The number of rotatable bonds is 4. The van der Waals surface area contributed by atoms with Gasteiger partial charge in [0.15, 0.2) is 5.13 Å². The van der Waals surface area contributed by atoms with Gasteiger partial charge >= 0.3 is 0 Å². The summed E-state index contributed by atoms with van der Waals surface area (Å²) in [5, 5.41) is 6.41. The predicted molar refractivity (Wildman–Crippen MR) is 60.9 cm³/mol. The molecule has 0 amide bonds. The molecule has 0 saturated carbocycles. The van der Waals surface area contributed by atoms with Crippen molar-refractivity contribution in [2.24, 2.45) is 0 Å². The zero-order chi connectivity index (χ0) is 9.80. The minimum absolute atomic E-state index is 0.626. The summed E-state index contributed by atoms with van der Waals surface area (Å²) in [7, 11) is 0. The Hall–Kier alpha value is -0.610. The maximum absolute atomic E-state index is 4.20. The summed E-state index contributed by atoms with van der Waals surface area (Å²) in [6.07, 6.45) is 4.57. The molecule has 2 heterocycles. The summed E-state index contributed by atoms with van der Waals surface area (Å²) in [5.74, 6) is 0. The minimum Gasteiger partial charge on any atom is -0.360 e. The first-order valence-corrected chi connectivity index (χ1v) is 6.11. The smallest absolute Gasteiger partial charge is 0.182 e. The number of anilines is 1. The average Bonchev–Trinajstić information content (AvgIpc) is 2.87. The molecule has 4 heteroatoms. The molecule has 1 aliphatic rings. The monoisotopic (exact) mass is 211 g/mol. The van der Waals surface area contributed by atoms with Gasteiger partial charge in [-0.3, -0.25) is 4.90 Å². The molecule has 0 aliphatic carbocycles. The standard InChI is InChI=1S/C10H17N3S/c1-9(13-5-2-3-6-13)8-12-10-11-4-7-14-10/h4,7,9H,2-3,5-6,8H2,1H3,(H,11,12). The quantitative estimate of drug-likeness (QED) is 0.826. The normalized spacial score (nSPS) is 19.8. The number of nitrogens with one attached hydrogen (secondary N) is 1. The summed E-state index contributed by atoms with van der Waals surface area (Å²) in [4.78, 5) is 6.75. The lowest BCUT2D eigenvalue weighted by Crippen LogP contribution is -2.35. The van der Waals surface area contributed by atoms with Crippen LogP contribution in [0.1, 0.15) is 19.8 Å². The number of aromatic nitrogens is 1. The first-order valence-electron chi connectivity index (χ1n) is 5.23. The van der Waals surface area contributed by atoms with Crippen LogP contribution in [0.4, 0.5) is 5.13 Å². The fourth-order valence-corrected chi connectivity index (χ4v) is 2.40. The second kappa shape index (κ2) is 4.75. The molecule has 0 aromatic carbocycles. The molecule has 0 spiro atoms. The van der Waals surface area contributed by atoms with E-state index in [0.717, 1.165) is 11.7 Å². The Balaban J connectivity index is 1.74. The third-order valence-corrected chi connectivity index (χ3v) is 3.48. The third-order valence-electron chi connectivity index (χ3n) is 2.75. The SMILES string of the molecule is CC(CNc1nccs1)N1CCCC1. The lowest BCUT2D eigenvalue weighted by atomic mass is 10.3. The van der Waals surface area contributed by atoms with E-state index in [2.05, 4.69) is 22.1 Å². The van der Waals surface area contributed by atoms with Gasteiger partial charge in [0.05, 0.1) is 0 Å². The van der Waals surface area contributed by atoms with Gasteiger partial charge in [0.2, 0.25) is 0 Å². The Labute approximate surface area is 89.1 Å². The maximum Gasteiger partial charge on any atom is 0.182 e. The van der Waals surface area contributed by atoms with Gasteiger partial charge in [-0.2, -0.15) is 0 Å². The van der Waals surface area contributed by atoms with Crippen LogP contribution in [-0.2, 0) is 0 Å². The molecule has 0 radical (unpaired) electrons. The van der Waals surface area contributed by atoms with E-state index in [9.17, 15) is 0 Å². The third kappa shape index (κ3) is 2.45. The molecule has 1 saturated heterocycles. The summed E-state index contributed by atoms with van der Waals surface area (Å²) in [5.41, 5.74) is 0. The van der Waals surface area contributed by atoms with Gasteiger partial charge in [-0.1, -0.05) is 0 Å². The topological polar surface area (TPSA) is 28.2 Å². The highest BCUT2D eigenvalue weighted by Crippen LogP contribution is 2.14. The fraction of sp³-hybridized carbons (Fsp3) is 0.700. The fourth-order valence-electron chi connectivity index (χ4n) is 1.86. The van der Waals surface area contributed by atoms with E-state index in [0.29, 0.717) is 6.04 Å². The molecular formula is C10H17N3S. The van der Waals surface area contributed by atoms with E-state index in [-0.39, 0.29) is 0 Å². The highest BCUT2D eigenvalue weighted by molar-refractivity contribution is 7.13. The van der Waals surface area contributed by atoms with Crippen molar-refractivity contribution in [3.8, 4) is 0 Å². The van der Waals surface area contributed by atoms with Crippen LogP contribution in [0, 0.1) is 0 Å². The minimum atomic E-state index is 0.626. The molecular weight excluding hydrogens is 194 g/mol. The molecule has 0 bridgehead atoms. The van der Waals surface area contributed by atoms with Crippen LogP contribution < -0.4 is 5.32 Å². The molecule has 1 aromatic heterocycles. The molecule has 78 valence electrons. The summed E-state index contributed by atoms with van der Waals surface area (Å²) in [6, 6.07) is 0.626. The molecule has 2 rings (SSSR count). The Morgan fingerprint density at radius 2 is 2.36 bits per heavy atom. The summed E-state index contributed by atoms with van der Waals surface area (Å²) < 4.78 is 0. The number of hydrogen-bond acceptors (Lipinski definition) is 4. The Morgan fingerprint density at radius 3 is 3.00 bits per heavy atom. The average molecular weight is 211 g/mol. The van der Waals surface area contributed by atoms with Gasteiger partial charge in [-0.05, 0) is 32.9 Å². The van der Waals surface area contributed by atoms with Crippen LogP contribution in [-0.4, -0.2) is 35.6 Å². The van der Waals surface area contributed by atoms with Crippen molar-refractivity contribution < 1.29 is 0 Å². The van der Waals surface area contributed by atoms with Crippen molar-refractivity contribution >= 4 is 16.5 Å². The molecule has 1 unspecified atom stereocenters. The zero-order valence-electron chi connectivity index (χ0n) is 8.57. The van der Waals surface area contributed by atoms with Crippen LogP contribution in [0.5, 0.6) is 0 Å². The predicted octanol–water partition coefficient (Wildman–Crippen LogP) is 2.04. The van der Waals surface area contributed by atoms with Gasteiger partial charge in [-0.15, -0.1) is 11.3 Å². The number of likely N-dealkylation sites (tertiary alicyclic amines) is 1. The van der Waals surface area contributed by atoms with Crippen LogP contribution >= 0.6 is 11.3 Å². The van der Waals surface area contributed by atoms with Crippen molar-refractivity contribution in [2.75, 3.05) is 25.0 Å². The molecule has 1 fully saturated rings. The Morgan fingerprint density at radius 1 is 1.57 bits per heavy atom. The number of nitrogens with zero attached hydrogens (tertiary/aromatic N) is 2. The first kappa shape index (κ1) is 9.93. The van der Waals surface area contributed by atoms with Gasteiger partial charge in [-0.25, -0.2) is 4.98 Å². The van der Waals surface area contributed by atoms with Gasteiger partial charge in [0.25, 0.3) is 0 Å². The van der Waals surface area contributed by atoms with Crippen molar-refractivity contribution in [1.29, 1.82) is 0 Å². The maximum atomic E-state index is 4.20. The Bertz CT molecular complexity index is 254. The second-order valence-corrected chi connectivity index (χ2v) is 4.70. The molecule has 14 heavy (non-hydrogen) atoms. The van der Waals surface area contributed by atoms with E-state index in [1.165, 1.54) is 25.9 Å². The highest BCUT2D eigenvalue weighted by atomic mass is 32.1. The van der Waals surface area contributed by atoms with Crippen molar-refractivity contribution in [1.82, 2.24) is 9.88 Å². The first-order chi connectivity index (χ1) is 6.86. The molecule has 1 aliphatic heterocycles. The molecule has 1 atom stereocenters. The lowest BCUT2D eigenvalue weighted by Gasteiger charge is -2.23. The molecule has 3 nitrogen and oxygen atoms in total. The summed E-state index contributed by atoms with van der Waals surface area (Å²) in [6.45, 7) is 5.82. The van der Waals surface area contributed by atoms with E-state index in [1.807, 2.05) is 11.6 Å². The molecule has 1 aromatic rings. The Kier molecular flexibility index (Phi) is 3.37. The second-order valence-electron chi connectivity index (χ2n) is 3.81. The van der Waals surface area contributed by atoms with Crippen molar-refractivity contribution in [3.05, 3.63) is 11.6 Å². The van der Waals surface area contributed by atoms with E-state index >= 15 is 0 Å². The zero-order valence-corrected chi connectivity index (χ0v) is 9.39.